The molecule has 2 amide bonds. The maximum absolute atomic E-state index is 11.4. The van der Waals surface area contributed by atoms with E-state index in [-0.39, 0.29) is 0 Å². The number of aromatic nitrogens is 2. The summed E-state index contributed by atoms with van der Waals surface area (Å²) in [6.07, 6.45) is 6.78. The molecule has 0 spiro atoms. The summed E-state index contributed by atoms with van der Waals surface area (Å²) in [6.45, 7) is 0. The fraction of sp³-hybridized carbons (Fsp3) is 0.111. The Balaban J connectivity index is 2.42. The topological polar surface area (TPSA) is 89.2 Å². The molecule has 2 rings (SSSR count). The zero-order chi connectivity index (χ0) is 10.8. The molecule has 0 fully saturated rings. The van der Waals surface area contributed by atoms with Gasteiger partial charge in [0.25, 0.3) is 0 Å². The van der Waals surface area contributed by atoms with Gasteiger partial charge >= 0.3 is 11.8 Å². The van der Waals surface area contributed by atoms with Crippen LogP contribution in [0.15, 0.2) is 24.7 Å². The van der Waals surface area contributed by atoms with Crippen molar-refractivity contribution in [3.8, 4) is 0 Å². The van der Waals surface area contributed by atoms with E-state index in [1.165, 1.54) is 18.6 Å². The summed E-state index contributed by atoms with van der Waals surface area (Å²) in [5.74, 6) is -1.46. The van der Waals surface area contributed by atoms with Crippen LogP contribution in [0.25, 0.3) is 0 Å². The highest BCUT2D eigenvalue weighted by molar-refractivity contribution is 6.40. The molecule has 2 N–H and O–H groups in total. The molecule has 6 heteroatoms. The summed E-state index contributed by atoms with van der Waals surface area (Å²) in [4.78, 5) is 31.3. The minimum atomic E-state index is -1.02. The number of fused-ring (bicyclic) bond motifs is 1. The Bertz CT molecular complexity index is 455. The van der Waals surface area contributed by atoms with E-state index in [4.69, 9.17) is 5.73 Å². The summed E-state index contributed by atoms with van der Waals surface area (Å²) in [5.41, 5.74) is 5.56. The molecule has 6 nitrogen and oxygen atoms in total. The Labute approximate surface area is 85.4 Å². The second-order valence-electron chi connectivity index (χ2n) is 2.95. The van der Waals surface area contributed by atoms with Crippen molar-refractivity contribution in [2.45, 2.75) is 6.42 Å². The van der Waals surface area contributed by atoms with E-state index >= 15 is 0 Å². The lowest BCUT2D eigenvalue weighted by molar-refractivity contribution is -0.135. The average Bonchev–Trinajstić information content (AvgIpc) is 2.27. The first-order chi connectivity index (χ1) is 7.20. The monoisotopic (exact) mass is 204 g/mol. The zero-order valence-electron chi connectivity index (χ0n) is 7.75. The number of rotatable bonds is 0. The van der Waals surface area contributed by atoms with E-state index in [0.29, 0.717) is 17.9 Å². The molecule has 76 valence electrons. The van der Waals surface area contributed by atoms with Crippen molar-refractivity contribution >= 4 is 17.6 Å². The standard InChI is InChI=1S/C9H8N4O2/c10-7(14)9(15)13-5-1-2-6-8(13)12-4-3-11-6/h1,3-5H,2H2,(H2,10,14). The fourth-order valence-electron chi connectivity index (χ4n) is 1.33. The van der Waals surface area contributed by atoms with Crippen molar-refractivity contribution in [3.63, 3.8) is 0 Å². The van der Waals surface area contributed by atoms with Crippen LogP contribution in [-0.2, 0) is 16.0 Å². The summed E-state index contributed by atoms with van der Waals surface area (Å²) in [5, 5.41) is 0. The van der Waals surface area contributed by atoms with Gasteiger partial charge in [-0.1, -0.05) is 6.08 Å². The van der Waals surface area contributed by atoms with E-state index < -0.39 is 11.8 Å². The van der Waals surface area contributed by atoms with Crippen molar-refractivity contribution in [3.05, 3.63) is 30.4 Å². The maximum Gasteiger partial charge on any atom is 0.321 e. The highest BCUT2D eigenvalue weighted by Gasteiger charge is 2.24. The Morgan fingerprint density at radius 2 is 2.07 bits per heavy atom. The van der Waals surface area contributed by atoms with E-state index in [1.807, 2.05) is 0 Å². The highest BCUT2D eigenvalue weighted by atomic mass is 16.2. The van der Waals surface area contributed by atoms with Crippen LogP contribution in [0.4, 0.5) is 5.82 Å². The third-order valence-corrected chi connectivity index (χ3v) is 1.98. The van der Waals surface area contributed by atoms with Gasteiger partial charge in [0.2, 0.25) is 0 Å². The van der Waals surface area contributed by atoms with Crippen molar-refractivity contribution in [2.24, 2.45) is 5.73 Å². The third kappa shape index (κ3) is 1.56. The van der Waals surface area contributed by atoms with Gasteiger partial charge in [-0.2, -0.15) is 0 Å². The molecular formula is C9H8N4O2. The lowest BCUT2D eigenvalue weighted by Gasteiger charge is -2.20. The number of amides is 2. The van der Waals surface area contributed by atoms with Crippen molar-refractivity contribution < 1.29 is 9.59 Å². The molecule has 2 heterocycles. The number of nitrogens with zero attached hydrogens (tertiary/aromatic N) is 3. The highest BCUT2D eigenvalue weighted by Crippen LogP contribution is 2.20. The number of hydrogen-bond acceptors (Lipinski definition) is 4. The van der Waals surface area contributed by atoms with Gasteiger partial charge in [0.1, 0.15) is 0 Å². The van der Waals surface area contributed by atoms with Gasteiger partial charge in [-0.15, -0.1) is 0 Å². The minimum Gasteiger partial charge on any atom is -0.361 e. The van der Waals surface area contributed by atoms with Crippen molar-refractivity contribution in [1.82, 2.24) is 9.97 Å². The van der Waals surface area contributed by atoms with E-state index in [0.717, 1.165) is 4.90 Å². The molecule has 0 saturated carbocycles. The number of anilines is 1. The van der Waals surface area contributed by atoms with Crippen LogP contribution in [-0.4, -0.2) is 21.8 Å². The molecule has 0 bridgehead atoms. The van der Waals surface area contributed by atoms with Gasteiger partial charge in [0.15, 0.2) is 5.82 Å². The first-order valence-electron chi connectivity index (χ1n) is 4.29. The van der Waals surface area contributed by atoms with E-state index in [2.05, 4.69) is 9.97 Å². The number of carbonyl (C=O) groups excluding carboxylic acids is 2. The van der Waals surface area contributed by atoms with Crippen LogP contribution < -0.4 is 10.6 Å². The predicted octanol–water partition coefficient (Wildman–Crippen LogP) is -0.635. The van der Waals surface area contributed by atoms with Crippen molar-refractivity contribution in [2.75, 3.05) is 4.90 Å². The molecule has 0 unspecified atom stereocenters. The number of nitrogens with two attached hydrogens (primary N) is 1. The van der Waals surface area contributed by atoms with E-state index in [1.54, 1.807) is 6.08 Å². The Morgan fingerprint density at radius 3 is 2.80 bits per heavy atom. The molecular weight excluding hydrogens is 196 g/mol. The summed E-state index contributed by atoms with van der Waals surface area (Å²) >= 11 is 0. The summed E-state index contributed by atoms with van der Waals surface area (Å²) < 4.78 is 0. The molecule has 0 aliphatic carbocycles. The van der Waals surface area contributed by atoms with Gasteiger partial charge in [-0.25, -0.2) is 4.98 Å². The molecule has 0 atom stereocenters. The lowest BCUT2D eigenvalue weighted by Crippen LogP contribution is -2.39. The Kier molecular flexibility index (Phi) is 2.17. The van der Waals surface area contributed by atoms with Gasteiger partial charge in [-0.05, 0) is 0 Å². The third-order valence-electron chi connectivity index (χ3n) is 1.98. The van der Waals surface area contributed by atoms with Gasteiger partial charge in [0.05, 0.1) is 5.69 Å². The molecule has 1 aliphatic rings. The van der Waals surface area contributed by atoms with Crippen LogP contribution in [0.1, 0.15) is 5.69 Å². The zero-order valence-corrected chi connectivity index (χ0v) is 7.75. The number of hydrogen-bond donors (Lipinski definition) is 1. The molecule has 15 heavy (non-hydrogen) atoms. The van der Waals surface area contributed by atoms with Gasteiger partial charge in [0, 0.05) is 25.0 Å². The fourth-order valence-corrected chi connectivity index (χ4v) is 1.33. The van der Waals surface area contributed by atoms with Crippen LogP contribution in [0.3, 0.4) is 0 Å². The normalized spacial score (nSPS) is 13.5. The molecule has 1 aromatic rings. The van der Waals surface area contributed by atoms with Crippen LogP contribution in [0.5, 0.6) is 0 Å². The maximum atomic E-state index is 11.4. The molecule has 0 saturated heterocycles. The summed E-state index contributed by atoms with van der Waals surface area (Å²) in [7, 11) is 0. The molecule has 0 aromatic carbocycles. The Morgan fingerprint density at radius 1 is 1.33 bits per heavy atom. The molecule has 0 radical (unpaired) electrons. The Hall–Kier alpha value is -2.24. The lowest BCUT2D eigenvalue weighted by atomic mass is 10.2. The van der Waals surface area contributed by atoms with Crippen LogP contribution in [0.2, 0.25) is 0 Å². The predicted molar refractivity (Wildman–Crippen MR) is 51.6 cm³/mol. The first kappa shape index (κ1) is 9.32. The molecule has 1 aliphatic heterocycles. The number of allylic oxidation sites excluding steroid dienone is 1. The smallest absolute Gasteiger partial charge is 0.321 e. The quantitative estimate of drug-likeness (QED) is 0.569. The SMILES string of the molecule is NC(=O)C(=O)N1C=CCc2nccnc21. The minimum absolute atomic E-state index is 0.365. The number of carbonyl (C=O) groups is 2. The molecule has 1 aromatic heterocycles. The van der Waals surface area contributed by atoms with Gasteiger partial charge in [-0.3, -0.25) is 19.5 Å². The largest absolute Gasteiger partial charge is 0.361 e. The number of primary amides is 1. The second kappa shape index (κ2) is 3.49. The van der Waals surface area contributed by atoms with Crippen LogP contribution in [0, 0.1) is 0 Å². The second-order valence-corrected chi connectivity index (χ2v) is 2.95. The first-order valence-corrected chi connectivity index (χ1v) is 4.29. The van der Waals surface area contributed by atoms with Gasteiger partial charge < -0.3 is 5.73 Å². The summed E-state index contributed by atoms with van der Waals surface area (Å²) in [6, 6.07) is 0. The average molecular weight is 204 g/mol. The van der Waals surface area contributed by atoms with E-state index in [9.17, 15) is 9.59 Å². The van der Waals surface area contributed by atoms with Crippen molar-refractivity contribution in [1.29, 1.82) is 0 Å². The van der Waals surface area contributed by atoms with Crippen LogP contribution >= 0.6 is 0 Å².